The molecule has 0 radical (unpaired) electrons. The van der Waals surface area contributed by atoms with E-state index in [1.165, 1.54) is 23.4 Å². The number of ether oxygens (including phenoxy) is 1. The molecule has 112 valence electrons. The van der Waals surface area contributed by atoms with Crippen molar-refractivity contribution in [1.29, 1.82) is 0 Å². The molecule has 0 aliphatic carbocycles. The maximum Gasteiger partial charge on any atom is 0.123 e. The minimum absolute atomic E-state index is 0.191. The topological polar surface area (TPSA) is 30.3 Å². The van der Waals surface area contributed by atoms with Gasteiger partial charge in [0.15, 0.2) is 0 Å². The zero-order chi connectivity index (χ0) is 14.8. The van der Waals surface area contributed by atoms with E-state index in [1.807, 2.05) is 30.1 Å². The van der Waals surface area contributed by atoms with Crippen LogP contribution >= 0.6 is 0 Å². The van der Waals surface area contributed by atoms with Crippen molar-refractivity contribution in [3.05, 3.63) is 53.1 Å². The second kappa shape index (κ2) is 5.95. The summed E-state index contributed by atoms with van der Waals surface area (Å²) in [5.41, 5.74) is 3.64. The minimum atomic E-state index is -0.195. The lowest BCUT2D eigenvalue weighted by Gasteiger charge is -2.35. The van der Waals surface area contributed by atoms with Crippen LogP contribution in [0.2, 0.25) is 0 Å². The summed E-state index contributed by atoms with van der Waals surface area (Å²) in [5.74, 6) is -0.195. The first kappa shape index (κ1) is 14.2. The van der Waals surface area contributed by atoms with Gasteiger partial charge in [-0.25, -0.2) is 4.39 Å². The molecular formula is C16H20FN3O. The van der Waals surface area contributed by atoms with E-state index in [0.717, 1.165) is 25.1 Å². The quantitative estimate of drug-likeness (QED) is 0.865. The number of halogens is 1. The van der Waals surface area contributed by atoms with Crippen molar-refractivity contribution in [2.45, 2.75) is 19.0 Å². The van der Waals surface area contributed by atoms with Crippen LogP contribution in [0.5, 0.6) is 0 Å². The molecule has 0 saturated carbocycles. The Bertz CT molecular complexity index is 608. The summed E-state index contributed by atoms with van der Waals surface area (Å²) in [6, 6.07) is 6.91. The third-order valence-electron chi connectivity index (χ3n) is 4.11. The molecule has 0 saturated heterocycles. The van der Waals surface area contributed by atoms with Gasteiger partial charge in [0.2, 0.25) is 0 Å². The predicted molar refractivity (Wildman–Crippen MR) is 78.3 cm³/mol. The minimum Gasteiger partial charge on any atom is -0.383 e. The van der Waals surface area contributed by atoms with E-state index in [4.69, 9.17) is 4.74 Å². The zero-order valence-electron chi connectivity index (χ0n) is 12.4. The summed E-state index contributed by atoms with van der Waals surface area (Å²) in [6.45, 7) is 2.39. The van der Waals surface area contributed by atoms with Crippen LogP contribution in [0.1, 0.15) is 22.9 Å². The average Bonchev–Trinajstić information content (AvgIpc) is 2.86. The first-order valence-corrected chi connectivity index (χ1v) is 7.17. The molecule has 2 heterocycles. The van der Waals surface area contributed by atoms with Gasteiger partial charge in [-0.2, -0.15) is 5.10 Å². The summed E-state index contributed by atoms with van der Waals surface area (Å²) in [6.07, 6.45) is 2.94. The number of benzene rings is 1. The van der Waals surface area contributed by atoms with Crippen molar-refractivity contribution in [3.63, 3.8) is 0 Å². The molecule has 0 spiro atoms. The van der Waals surface area contributed by atoms with E-state index in [0.29, 0.717) is 6.61 Å². The lowest BCUT2D eigenvalue weighted by molar-refractivity contribution is 0.0734. The molecule has 1 aromatic heterocycles. The van der Waals surface area contributed by atoms with Gasteiger partial charge in [0.05, 0.1) is 24.5 Å². The largest absolute Gasteiger partial charge is 0.383 e. The maximum absolute atomic E-state index is 13.0. The standard InChI is InChI=1S/C16H20FN3O/c1-19-16-13(9-18-19)7-8-20(15(16)11-21-2)10-12-3-5-14(17)6-4-12/h3-6,9,15H,7-8,10-11H2,1-2H3/t15-/m0/s1. The van der Waals surface area contributed by atoms with Gasteiger partial charge in [0.1, 0.15) is 5.82 Å². The maximum atomic E-state index is 13.0. The van der Waals surface area contributed by atoms with Crippen LogP contribution in [-0.2, 0) is 24.8 Å². The first-order chi connectivity index (χ1) is 10.2. The van der Waals surface area contributed by atoms with Gasteiger partial charge in [0.25, 0.3) is 0 Å². The van der Waals surface area contributed by atoms with Crippen LogP contribution in [0.15, 0.2) is 30.5 Å². The molecule has 4 nitrogen and oxygen atoms in total. The molecule has 0 fully saturated rings. The Labute approximate surface area is 124 Å². The molecule has 0 N–H and O–H groups in total. The highest BCUT2D eigenvalue weighted by atomic mass is 19.1. The number of methoxy groups -OCH3 is 1. The Kier molecular flexibility index (Phi) is 4.03. The molecule has 1 atom stereocenters. The number of fused-ring (bicyclic) bond motifs is 1. The molecule has 0 unspecified atom stereocenters. The normalized spacial score (nSPS) is 18.7. The van der Waals surface area contributed by atoms with Crippen LogP contribution in [-0.4, -0.2) is 34.9 Å². The fraction of sp³-hybridized carbons (Fsp3) is 0.438. The van der Waals surface area contributed by atoms with Crippen molar-refractivity contribution in [3.8, 4) is 0 Å². The molecule has 21 heavy (non-hydrogen) atoms. The van der Waals surface area contributed by atoms with Crippen molar-refractivity contribution < 1.29 is 9.13 Å². The van der Waals surface area contributed by atoms with Gasteiger partial charge in [-0.1, -0.05) is 12.1 Å². The van der Waals surface area contributed by atoms with Gasteiger partial charge in [-0.15, -0.1) is 0 Å². The number of hydrogen-bond donors (Lipinski definition) is 0. The van der Waals surface area contributed by atoms with E-state index in [1.54, 1.807) is 7.11 Å². The molecule has 0 bridgehead atoms. The molecule has 1 aliphatic rings. The van der Waals surface area contributed by atoms with Crippen LogP contribution < -0.4 is 0 Å². The number of hydrogen-bond acceptors (Lipinski definition) is 3. The molecule has 1 aromatic carbocycles. The number of aromatic nitrogens is 2. The summed E-state index contributed by atoms with van der Waals surface area (Å²) in [4.78, 5) is 2.38. The van der Waals surface area contributed by atoms with Crippen LogP contribution in [0.3, 0.4) is 0 Å². The molecule has 0 amide bonds. The number of rotatable bonds is 4. The highest BCUT2D eigenvalue weighted by Crippen LogP contribution is 2.30. The third-order valence-corrected chi connectivity index (χ3v) is 4.11. The molecule has 3 rings (SSSR count). The number of nitrogens with zero attached hydrogens (tertiary/aromatic N) is 3. The summed E-state index contributed by atoms with van der Waals surface area (Å²) in [7, 11) is 3.70. The fourth-order valence-corrected chi connectivity index (χ4v) is 3.06. The van der Waals surface area contributed by atoms with E-state index < -0.39 is 0 Å². The van der Waals surface area contributed by atoms with Crippen molar-refractivity contribution in [2.24, 2.45) is 7.05 Å². The Hall–Kier alpha value is -1.72. The van der Waals surface area contributed by atoms with Gasteiger partial charge < -0.3 is 4.74 Å². The second-order valence-corrected chi connectivity index (χ2v) is 5.50. The smallest absolute Gasteiger partial charge is 0.123 e. The van der Waals surface area contributed by atoms with Crippen molar-refractivity contribution >= 4 is 0 Å². The molecular weight excluding hydrogens is 269 g/mol. The average molecular weight is 289 g/mol. The van der Waals surface area contributed by atoms with E-state index in [-0.39, 0.29) is 11.9 Å². The highest BCUT2D eigenvalue weighted by Gasteiger charge is 2.30. The van der Waals surface area contributed by atoms with Gasteiger partial charge in [-0.05, 0) is 29.7 Å². The van der Waals surface area contributed by atoms with E-state index in [9.17, 15) is 4.39 Å². The van der Waals surface area contributed by atoms with Crippen LogP contribution in [0.25, 0.3) is 0 Å². The van der Waals surface area contributed by atoms with Crippen molar-refractivity contribution in [2.75, 3.05) is 20.3 Å². The van der Waals surface area contributed by atoms with E-state index in [2.05, 4.69) is 10.00 Å². The van der Waals surface area contributed by atoms with Gasteiger partial charge in [-0.3, -0.25) is 9.58 Å². The Morgan fingerprint density at radius 1 is 1.33 bits per heavy atom. The summed E-state index contributed by atoms with van der Waals surface area (Å²) < 4.78 is 20.4. The summed E-state index contributed by atoms with van der Waals surface area (Å²) >= 11 is 0. The van der Waals surface area contributed by atoms with Crippen LogP contribution in [0, 0.1) is 5.82 Å². The summed E-state index contributed by atoms with van der Waals surface area (Å²) in [5, 5.41) is 4.37. The Balaban J connectivity index is 1.84. The third kappa shape index (κ3) is 2.84. The molecule has 2 aromatic rings. The lowest BCUT2D eigenvalue weighted by atomic mass is 9.99. The predicted octanol–water partition coefficient (Wildman–Crippen LogP) is 2.31. The fourth-order valence-electron chi connectivity index (χ4n) is 3.06. The van der Waals surface area contributed by atoms with Crippen LogP contribution in [0.4, 0.5) is 4.39 Å². The monoisotopic (exact) mass is 289 g/mol. The lowest BCUT2D eigenvalue weighted by Crippen LogP contribution is -2.38. The Morgan fingerprint density at radius 3 is 2.81 bits per heavy atom. The van der Waals surface area contributed by atoms with E-state index >= 15 is 0 Å². The molecule has 1 aliphatic heterocycles. The van der Waals surface area contributed by atoms with Crippen molar-refractivity contribution in [1.82, 2.24) is 14.7 Å². The SMILES string of the molecule is COC[C@H]1c2c(cnn2C)CCN1Cc1ccc(F)cc1. The van der Waals surface area contributed by atoms with Gasteiger partial charge >= 0.3 is 0 Å². The zero-order valence-corrected chi connectivity index (χ0v) is 12.4. The number of aryl methyl sites for hydroxylation is 1. The highest BCUT2D eigenvalue weighted by molar-refractivity contribution is 5.26. The first-order valence-electron chi connectivity index (χ1n) is 7.17. The molecule has 5 heteroatoms. The second-order valence-electron chi connectivity index (χ2n) is 5.50. The van der Waals surface area contributed by atoms with Gasteiger partial charge in [0, 0.05) is 27.2 Å². The Morgan fingerprint density at radius 2 is 2.10 bits per heavy atom.